The summed E-state index contributed by atoms with van der Waals surface area (Å²) in [6.45, 7) is 1.72. The van der Waals surface area contributed by atoms with Gasteiger partial charge in [0.2, 0.25) is 5.95 Å². The van der Waals surface area contributed by atoms with E-state index in [4.69, 9.17) is 10.5 Å². The number of rotatable bonds is 2. The monoisotopic (exact) mass is 271 g/mol. The summed E-state index contributed by atoms with van der Waals surface area (Å²) in [7, 11) is 1.60. The second-order valence-electron chi connectivity index (χ2n) is 4.54. The largest absolute Gasteiger partial charge is 0.497 e. The lowest BCUT2D eigenvalue weighted by atomic mass is 10.2. The molecule has 0 radical (unpaired) electrons. The highest BCUT2D eigenvalue weighted by Crippen LogP contribution is 2.28. The first-order valence-electron chi connectivity index (χ1n) is 6.19. The molecule has 0 fully saturated rings. The molecule has 0 saturated carbocycles. The molecule has 0 atom stereocenters. The molecule has 2 aromatic carbocycles. The lowest BCUT2D eigenvalue weighted by molar-refractivity contribution is 0.415. The van der Waals surface area contributed by atoms with E-state index >= 15 is 0 Å². The fraction of sp³-hybridized carbons (Fsp3) is 0.133. The first-order valence-corrected chi connectivity index (χ1v) is 6.19. The zero-order valence-electron chi connectivity index (χ0n) is 11.2. The number of methoxy groups -OCH3 is 1. The number of hydrogen-bond acceptors (Lipinski definition) is 3. The van der Waals surface area contributed by atoms with Gasteiger partial charge in [-0.15, -0.1) is 0 Å². The Morgan fingerprint density at radius 3 is 2.80 bits per heavy atom. The maximum Gasteiger partial charge on any atom is 0.205 e. The van der Waals surface area contributed by atoms with E-state index in [0.717, 1.165) is 11.0 Å². The van der Waals surface area contributed by atoms with E-state index in [-0.39, 0.29) is 5.82 Å². The molecule has 0 amide bonds. The number of ether oxygens (including phenoxy) is 1. The number of nitrogen functional groups attached to an aromatic ring is 1. The van der Waals surface area contributed by atoms with Crippen LogP contribution in [0.15, 0.2) is 36.4 Å². The van der Waals surface area contributed by atoms with Crippen LogP contribution in [-0.2, 0) is 0 Å². The zero-order valence-corrected chi connectivity index (χ0v) is 11.2. The minimum absolute atomic E-state index is 0.272. The van der Waals surface area contributed by atoms with Crippen LogP contribution in [0.4, 0.5) is 10.3 Å². The molecule has 0 spiro atoms. The van der Waals surface area contributed by atoms with Gasteiger partial charge in [-0.25, -0.2) is 9.37 Å². The van der Waals surface area contributed by atoms with E-state index in [1.54, 1.807) is 24.7 Å². The third-order valence-corrected chi connectivity index (χ3v) is 3.37. The van der Waals surface area contributed by atoms with Gasteiger partial charge in [0.05, 0.1) is 23.8 Å². The number of imidazole rings is 1. The van der Waals surface area contributed by atoms with Gasteiger partial charge in [0.15, 0.2) is 0 Å². The van der Waals surface area contributed by atoms with Crippen molar-refractivity contribution in [2.75, 3.05) is 12.8 Å². The Labute approximate surface area is 115 Å². The van der Waals surface area contributed by atoms with Crippen molar-refractivity contribution in [3.05, 3.63) is 47.8 Å². The highest BCUT2D eigenvalue weighted by atomic mass is 19.1. The molecule has 5 heteroatoms. The van der Waals surface area contributed by atoms with Crippen LogP contribution in [0.3, 0.4) is 0 Å². The number of aromatic nitrogens is 2. The number of hydrogen-bond donors (Lipinski definition) is 1. The lowest BCUT2D eigenvalue weighted by Crippen LogP contribution is -2.03. The second kappa shape index (κ2) is 4.52. The lowest BCUT2D eigenvalue weighted by Gasteiger charge is -2.11. The van der Waals surface area contributed by atoms with Crippen molar-refractivity contribution in [2.24, 2.45) is 0 Å². The SMILES string of the molecule is COc1ccc2nc(N)n(-c3cccc(F)c3C)c2c1. The summed E-state index contributed by atoms with van der Waals surface area (Å²) < 4.78 is 20.7. The zero-order chi connectivity index (χ0) is 14.3. The average molecular weight is 271 g/mol. The standard InChI is InChI=1S/C15H14FN3O/c1-9-11(16)4-3-5-13(9)19-14-8-10(20-2)6-7-12(14)18-15(19)17/h3-8H,1-2H3,(H2,17,18). The second-order valence-corrected chi connectivity index (χ2v) is 4.54. The Morgan fingerprint density at radius 1 is 1.25 bits per heavy atom. The van der Waals surface area contributed by atoms with Gasteiger partial charge in [-0.2, -0.15) is 0 Å². The first kappa shape index (κ1) is 12.5. The van der Waals surface area contributed by atoms with Crippen LogP contribution in [0.2, 0.25) is 0 Å². The smallest absolute Gasteiger partial charge is 0.205 e. The van der Waals surface area contributed by atoms with Crippen LogP contribution in [-0.4, -0.2) is 16.7 Å². The van der Waals surface area contributed by atoms with Crippen molar-refractivity contribution in [3.8, 4) is 11.4 Å². The van der Waals surface area contributed by atoms with Crippen LogP contribution in [0.5, 0.6) is 5.75 Å². The van der Waals surface area contributed by atoms with Gasteiger partial charge >= 0.3 is 0 Å². The Balaban J connectivity index is 2.35. The molecular formula is C15H14FN3O. The van der Waals surface area contributed by atoms with Crippen LogP contribution >= 0.6 is 0 Å². The Hall–Kier alpha value is -2.56. The summed E-state index contributed by atoms with van der Waals surface area (Å²) in [5.74, 6) is 0.751. The molecule has 4 nitrogen and oxygen atoms in total. The average Bonchev–Trinajstić information content (AvgIpc) is 2.77. The molecule has 0 aliphatic heterocycles. The van der Waals surface area contributed by atoms with Crippen molar-refractivity contribution in [1.82, 2.24) is 9.55 Å². The van der Waals surface area contributed by atoms with Gasteiger partial charge in [-0.1, -0.05) is 6.07 Å². The van der Waals surface area contributed by atoms with Gasteiger partial charge in [0.1, 0.15) is 11.6 Å². The van der Waals surface area contributed by atoms with Gasteiger partial charge in [-0.3, -0.25) is 4.57 Å². The predicted molar refractivity (Wildman–Crippen MR) is 76.7 cm³/mol. The molecule has 1 aromatic heterocycles. The molecule has 0 aliphatic rings. The van der Waals surface area contributed by atoms with Gasteiger partial charge in [0.25, 0.3) is 0 Å². The van der Waals surface area contributed by atoms with E-state index < -0.39 is 0 Å². The van der Waals surface area contributed by atoms with Crippen molar-refractivity contribution >= 4 is 17.0 Å². The third kappa shape index (κ3) is 1.79. The quantitative estimate of drug-likeness (QED) is 0.779. The minimum Gasteiger partial charge on any atom is -0.497 e. The Bertz CT molecular complexity index is 795. The Kier molecular flexibility index (Phi) is 2.82. The summed E-state index contributed by atoms with van der Waals surface area (Å²) in [5, 5.41) is 0. The van der Waals surface area contributed by atoms with Crippen LogP contribution < -0.4 is 10.5 Å². The number of nitrogens with zero attached hydrogens (tertiary/aromatic N) is 2. The summed E-state index contributed by atoms with van der Waals surface area (Å²) in [6.07, 6.45) is 0. The highest BCUT2D eigenvalue weighted by molar-refractivity contribution is 5.82. The number of benzene rings is 2. The predicted octanol–water partition coefficient (Wildman–Crippen LogP) is 3.06. The summed E-state index contributed by atoms with van der Waals surface area (Å²) in [4.78, 5) is 4.30. The minimum atomic E-state index is -0.272. The molecule has 102 valence electrons. The fourth-order valence-corrected chi connectivity index (χ4v) is 2.29. The van der Waals surface area contributed by atoms with Crippen LogP contribution in [0, 0.1) is 12.7 Å². The summed E-state index contributed by atoms with van der Waals surface area (Å²) in [5.41, 5.74) is 8.72. The molecule has 0 saturated heterocycles. The normalized spacial score (nSPS) is 10.9. The molecule has 0 bridgehead atoms. The van der Waals surface area contributed by atoms with E-state index in [9.17, 15) is 4.39 Å². The van der Waals surface area contributed by atoms with E-state index in [1.165, 1.54) is 6.07 Å². The van der Waals surface area contributed by atoms with Gasteiger partial charge < -0.3 is 10.5 Å². The maximum atomic E-state index is 13.7. The molecule has 2 N–H and O–H groups in total. The van der Waals surface area contributed by atoms with Gasteiger partial charge in [0, 0.05) is 11.6 Å². The van der Waals surface area contributed by atoms with E-state index in [1.807, 2.05) is 24.3 Å². The topological polar surface area (TPSA) is 53.1 Å². The maximum absolute atomic E-state index is 13.7. The summed E-state index contributed by atoms with van der Waals surface area (Å²) in [6, 6.07) is 10.4. The van der Waals surface area contributed by atoms with Gasteiger partial charge in [-0.05, 0) is 31.2 Å². The summed E-state index contributed by atoms with van der Waals surface area (Å²) >= 11 is 0. The third-order valence-electron chi connectivity index (χ3n) is 3.37. The van der Waals surface area contributed by atoms with Crippen molar-refractivity contribution < 1.29 is 9.13 Å². The number of fused-ring (bicyclic) bond motifs is 1. The van der Waals surface area contributed by atoms with E-state index in [0.29, 0.717) is 22.9 Å². The van der Waals surface area contributed by atoms with Crippen molar-refractivity contribution in [1.29, 1.82) is 0 Å². The van der Waals surface area contributed by atoms with E-state index in [2.05, 4.69) is 4.98 Å². The molecule has 0 aliphatic carbocycles. The first-order chi connectivity index (χ1) is 9.61. The molecule has 3 rings (SSSR count). The molecule has 1 heterocycles. The molecule has 20 heavy (non-hydrogen) atoms. The number of halogens is 1. The fourth-order valence-electron chi connectivity index (χ4n) is 2.29. The van der Waals surface area contributed by atoms with Crippen molar-refractivity contribution in [2.45, 2.75) is 6.92 Å². The van der Waals surface area contributed by atoms with Crippen LogP contribution in [0.25, 0.3) is 16.7 Å². The number of anilines is 1. The molecule has 3 aromatic rings. The highest BCUT2D eigenvalue weighted by Gasteiger charge is 2.14. The van der Waals surface area contributed by atoms with Crippen molar-refractivity contribution in [3.63, 3.8) is 0 Å². The molecule has 0 unspecified atom stereocenters. The Morgan fingerprint density at radius 2 is 2.05 bits per heavy atom. The van der Waals surface area contributed by atoms with Crippen LogP contribution in [0.1, 0.15) is 5.56 Å². The number of nitrogens with two attached hydrogens (primary N) is 1. The molecular weight excluding hydrogens is 257 g/mol.